The number of para-hydroxylation sites is 2. The first kappa shape index (κ1) is 24.6. The number of anilines is 2. The molecule has 3 aromatic rings. The van der Waals surface area contributed by atoms with Crippen molar-refractivity contribution < 1.29 is 31.4 Å². The van der Waals surface area contributed by atoms with Crippen LogP contribution in [0.25, 0.3) is 0 Å². The number of sulfonamides is 1. The van der Waals surface area contributed by atoms with Gasteiger partial charge in [0.2, 0.25) is 10.0 Å². The van der Waals surface area contributed by atoms with E-state index < -0.39 is 34.3 Å². The number of halogens is 3. The van der Waals surface area contributed by atoms with Crippen LogP contribution in [0.3, 0.4) is 0 Å². The molecule has 0 bridgehead atoms. The number of benzene rings is 3. The molecule has 5 rings (SSSR count). The summed E-state index contributed by atoms with van der Waals surface area (Å²) in [7, 11) is -4.08. The van der Waals surface area contributed by atoms with Gasteiger partial charge in [-0.3, -0.25) is 0 Å². The van der Waals surface area contributed by atoms with Gasteiger partial charge in [0.25, 0.3) is 0 Å². The Morgan fingerprint density at radius 1 is 0.861 bits per heavy atom. The average Bonchev–Trinajstić information content (AvgIpc) is 3.08. The van der Waals surface area contributed by atoms with Crippen LogP contribution in [0.4, 0.5) is 24.5 Å². The summed E-state index contributed by atoms with van der Waals surface area (Å²) in [5, 5.41) is 11.3. The van der Waals surface area contributed by atoms with Crippen molar-refractivity contribution in [2.24, 2.45) is 0 Å². The molecule has 36 heavy (non-hydrogen) atoms. The Hall–Kier alpha value is -3.08. The normalized spacial score (nSPS) is 22.0. The first-order valence-corrected chi connectivity index (χ1v) is 13.1. The van der Waals surface area contributed by atoms with E-state index in [4.69, 9.17) is 0 Å². The van der Waals surface area contributed by atoms with E-state index >= 15 is 0 Å². The van der Waals surface area contributed by atoms with Gasteiger partial charge in [-0.15, -0.1) is 13.2 Å². The van der Waals surface area contributed by atoms with E-state index in [0.29, 0.717) is 12.8 Å². The van der Waals surface area contributed by atoms with Crippen LogP contribution in [-0.4, -0.2) is 38.1 Å². The highest BCUT2D eigenvalue weighted by atomic mass is 32.2. The Balaban J connectivity index is 1.39. The number of alkyl halides is 3. The summed E-state index contributed by atoms with van der Waals surface area (Å²) in [6.45, 7) is 0. The van der Waals surface area contributed by atoms with Crippen LogP contribution in [0.1, 0.15) is 24.0 Å². The van der Waals surface area contributed by atoms with Gasteiger partial charge < -0.3 is 14.7 Å². The maximum Gasteiger partial charge on any atom is 0.573 e. The van der Waals surface area contributed by atoms with E-state index in [9.17, 15) is 26.7 Å². The Bertz CT molecular complexity index is 1300. The fourth-order valence-corrected chi connectivity index (χ4v) is 6.42. The number of rotatable bonds is 5. The first-order chi connectivity index (χ1) is 17.1. The Labute approximate surface area is 207 Å². The fourth-order valence-electron chi connectivity index (χ4n) is 5.13. The number of nitrogens with one attached hydrogen (secondary N) is 1. The van der Waals surface area contributed by atoms with Gasteiger partial charge in [0.1, 0.15) is 5.75 Å². The lowest BCUT2D eigenvalue weighted by atomic mass is 10.0. The Morgan fingerprint density at radius 3 is 1.97 bits per heavy atom. The SMILES string of the molecule is O=S(=O)(N[C@H]1CCC(N2c3ccccc3CCc3ccccc32)[C@@H]1O)c1ccc(OC(F)(F)F)cc1. The number of aliphatic hydroxyl groups is 1. The Morgan fingerprint density at radius 2 is 1.42 bits per heavy atom. The molecule has 3 aromatic carbocycles. The van der Waals surface area contributed by atoms with E-state index in [1.165, 1.54) is 0 Å². The zero-order chi connectivity index (χ0) is 25.5. The van der Waals surface area contributed by atoms with Crippen LogP contribution in [0, 0.1) is 0 Å². The summed E-state index contributed by atoms with van der Waals surface area (Å²) >= 11 is 0. The largest absolute Gasteiger partial charge is 0.573 e. The molecule has 0 aromatic heterocycles. The van der Waals surface area contributed by atoms with Gasteiger partial charge in [-0.2, -0.15) is 0 Å². The van der Waals surface area contributed by atoms with E-state index in [2.05, 4.69) is 26.5 Å². The van der Waals surface area contributed by atoms with Gasteiger partial charge in [-0.25, -0.2) is 13.1 Å². The smallest absolute Gasteiger partial charge is 0.406 e. The van der Waals surface area contributed by atoms with Gasteiger partial charge in [-0.05, 0) is 73.2 Å². The van der Waals surface area contributed by atoms with Crippen LogP contribution in [0.2, 0.25) is 0 Å². The second kappa shape index (κ2) is 9.42. The lowest BCUT2D eigenvalue weighted by Crippen LogP contribution is -2.47. The number of hydrogen-bond acceptors (Lipinski definition) is 5. The summed E-state index contributed by atoms with van der Waals surface area (Å²) in [5.74, 6) is -0.513. The minimum atomic E-state index is -4.87. The van der Waals surface area contributed by atoms with Crippen LogP contribution in [0.5, 0.6) is 5.75 Å². The highest BCUT2D eigenvalue weighted by Gasteiger charge is 2.42. The summed E-state index contributed by atoms with van der Waals surface area (Å²) < 4.78 is 69.5. The molecular formula is C26H25F3N2O4S. The van der Waals surface area contributed by atoms with E-state index in [0.717, 1.165) is 59.6 Å². The predicted molar refractivity (Wildman–Crippen MR) is 129 cm³/mol. The van der Waals surface area contributed by atoms with Gasteiger partial charge in [-0.1, -0.05) is 36.4 Å². The molecule has 1 fully saturated rings. The quantitative estimate of drug-likeness (QED) is 0.512. The number of nitrogens with zero attached hydrogens (tertiary/aromatic N) is 1. The second-order valence-electron chi connectivity index (χ2n) is 9.01. The third kappa shape index (κ3) is 4.93. The zero-order valence-electron chi connectivity index (χ0n) is 19.1. The summed E-state index contributed by atoms with van der Waals surface area (Å²) in [6.07, 6.45) is -3.21. The lowest BCUT2D eigenvalue weighted by Gasteiger charge is -2.35. The average molecular weight is 519 g/mol. The topological polar surface area (TPSA) is 78.9 Å². The van der Waals surface area contributed by atoms with Crippen molar-refractivity contribution in [3.63, 3.8) is 0 Å². The second-order valence-corrected chi connectivity index (χ2v) is 10.7. The minimum absolute atomic E-state index is 0.210. The highest BCUT2D eigenvalue weighted by molar-refractivity contribution is 7.89. The summed E-state index contributed by atoms with van der Waals surface area (Å²) in [6, 6.07) is 18.9. The molecule has 0 spiro atoms. The monoisotopic (exact) mass is 518 g/mol. The molecule has 1 saturated carbocycles. The molecule has 1 aliphatic carbocycles. The Kier molecular flexibility index (Phi) is 6.44. The van der Waals surface area contributed by atoms with Crippen LogP contribution >= 0.6 is 0 Å². The maximum absolute atomic E-state index is 13.0. The molecule has 2 N–H and O–H groups in total. The molecule has 1 heterocycles. The first-order valence-electron chi connectivity index (χ1n) is 11.6. The van der Waals surface area contributed by atoms with Gasteiger partial charge >= 0.3 is 6.36 Å². The number of aryl methyl sites for hydroxylation is 2. The molecule has 1 aliphatic heterocycles. The van der Waals surface area contributed by atoms with E-state index in [-0.39, 0.29) is 10.9 Å². The van der Waals surface area contributed by atoms with Crippen molar-refractivity contribution >= 4 is 21.4 Å². The number of ether oxygens (including phenoxy) is 1. The van der Waals surface area contributed by atoms with Crippen molar-refractivity contribution in [2.75, 3.05) is 4.90 Å². The van der Waals surface area contributed by atoms with Crippen molar-refractivity contribution in [1.82, 2.24) is 4.72 Å². The highest BCUT2D eigenvalue weighted by Crippen LogP contribution is 2.41. The molecule has 6 nitrogen and oxygen atoms in total. The maximum atomic E-state index is 13.0. The zero-order valence-corrected chi connectivity index (χ0v) is 20.0. The van der Waals surface area contributed by atoms with Crippen LogP contribution < -0.4 is 14.4 Å². The molecule has 1 unspecified atom stereocenters. The number of hydrogen-bond donors (Lipinski definition) is 2. The third-order valence-electron chi connectivity index (χ3n) is 6.75. The summed E-state index contributed by atoms with van der Waals surface area (Å²) in [5.41, 5.74) is 4.31. The third-order valence-corrected chi connectivity index (χ3v) is 8.26. The van der Waals surface area contributed by atoms with Gasteiger partial charge in [0.15, 0.2) is 0 Å². The molecule has 190 valence electrons. The molecule has 2 aliphatic rings. The van der Waals surface area contributed by atoms with E-state index in [1.807, 2.05) is 36.4 Å². The standard InChI is InChI=1S/C26H25F3N2O4S/c27-26(28,29)35-19-11-13-20(14-12-19)36(33,34)30-21-15-16-24(25(21)32)31-22-7-3-1-5-17(22)9-10-18-6-2-4-8-23(18)31/h1-8,11-14,21,24-25,30,32H,9-10,15-16H2/t21-,24?,25+/m0/s1. The molecule has 3 atom stereocenters. The molecule has 10 heteroatoms. The van der Waals surface area contributed by atoms with Gasteiger partial charge in [0, 0.05) is 11.4 Å². The number of aliphatic hydroxyl groups excluding tert-OH is 1. The predicted octanol–water partition coefficient (Wildman–Crippen LogP) is 4.69. The molecule has 0 amide bonds. The minimum Gasteiger partial charge on any atom is -0.406 e. The summed E-state index contributed by atoms with van der Waals surface area (Å²) in [4.78, 5) is 1.91. The fraction of sp³-hybridized carbons (Fsp3) is 0.308. The number of fused-ring (bicyclic) bond motifs is 2. The van der Waals surface area contributed by atoms with Crippen molar-refractivity contribution in [2.45, 2.75) is 55.1 Å². The van der Waals surface area contributed by atoms with Crippen LogP contribution in [0.15, 0.2) is 77.7 Å². The van der Waals surface area contributed by atoms with Crippen molar-refractivity contribution in [3.8, 4) is 5.75 Å². The van der Waals surface area contributed by atoms with Gasteiger partial charge in [0.05, 0.1) is 23.1 Å². The van der Waals surface area contributed by atoms with E-state index in [1.54, 1.807) is 0 Å². The molecule has 0 saturated heterocycles. The molecular weight excluding hydrogens is 493 g/mol. The van der Waals surface area contributed by atoms with Crippen molar-refractivity contribution in [3.05, 3.63) is 83.9 Å². The lowest BCUT2D eigenvalue weighted by molar-refractivity contribution is -0.274. The van der Waals surface area contributed by atoms with Crippen LogP contribution in [-0.2, 0) is 22.9 Å². The van der Waals surface area contributed by atoms with Crippen molar-refractivity contribution in [1.29, 1.82) is 0 Å². The molecule has 0 radical (unpaired) electrons.